The van der Waals surface area contributed by atoms with E-state index in [2.05, 4.69) is 9.71 Å². The number of nitrogens with zero attached hydrogens (tertiary/aromatic N) is 3. The lowest BCUT2D eigenvalue weighted by atomic mass is 10.1. The number of hydrogen-bond acceptors (Lipinski definition) is 6. The Bertz CT molecular complexity index is 1210. The Morgan fingerprint density at radius 1 is 1.14 bits per heavy atom. The Labute approximate surface area is 170 Å². The number of nitrogens with one attached hydrogen (secondary N) is 1. The van der Waals surface area contributed by atoms with Crippen LogP contribution in [0.15, 0.2) is 70.6 Å². The second kappa shape index (κ2) is 8.52. The van der Waals surface area contributed by atoms with Crippen molar-refractivity contribution >= 4 is 27.3 Å². The highest BCUT2D eigenvalue weighted by molar-refractivity contribution is 7.89. The van der Waals surface area contributed by atoms with E-state index in [4.69, 9.17) is 11.6 Å². The first-order chi connectivity index (χ1) is 13.8. The van der Waals surface area contributed by atoms with Crippen LogP contribution in [0.1, 0.15) is 0 Å². The van der Waals surface area contributed by atoms with E-state index in [0.29, 0.717) is 5.69 Å². The Morgan fingerprint density at radius 3 is 2.52 bits per heavy atom. The summed E-state index contributed by atoms with van der Waals surface area (Å²) in [6.45, 7) is -0.111. The molecule has 0 amide bonds. The molecule has 0 unspecified atom stereocenters. The molecule has 3 rings (SSSR count). The monoisotopic (exact) mass is 434 g/mol. The van der Waals surface area contributed by atoms with Crippen molar-refractivity contribution in [1.29, 1.82) is 0 Å². The predicted octanol–water partition coefficient (Wildman–Crippen LogP) is 2.45. The summed E-state index contributed by atoms with van der Waals surface area (Å²) in [4.78, 5) is 26.2. The van der Waals surface area contributed by atoms with Crippen LogP contribution in [-0.4, -0.2) is 29.4 Å². The fourth-order valence-electron chi connectivity index (χ4n) is 2.55. The van der Waals surface area contributed by atoms with Crippen molar-refractivity contribution < 1.29 is 13.3 Å². The van der Waals surface area contributed by atoms with Crippen LogP contribution < -0.4 is 10.3 Å². The van der Waals surface area contributed by atoms with E-state index < -0.39 is 25.5 Å². The second-order valence-corrected chi connectivity index (χ2v) is 8.08. The molecule has 1 heterocycles. The summed E-state index contributed by atoms with van der Waals surface area (Å²) in [5.74, 6) is 0. The Balaban J connectivity index is 1.72. The number of nitro benzene ring substituents is 1. The van der Waals surface area contributed by atoms with Gasteiger partial charge in [-0.3, -0.25) is 19.5 Å². The Kier molecular flexibility index (Phi) is 6.06. The van der Waals surface area contributed by atoms with Gasteiger partial charge in [-0.05, 0) is 6.07 Å². The SMILES string of the molecule is O=c1cc(-c2ccccc2)ncn1CCNS(=O)(=O)c1cc([N+](=O)[O-])ccc1Cl. The molecule has 150 valence electrons. The Morgan fingerprint density at radius 2 is 1.86 bits per heavy atom. The zero-order chi connectivity index (χ0) is 21.0. The molecule has 0 bridgehead atoms. The summed E-state index contributed by atoms with van der Waals surface area (Å²) in [5.41, 5.74) is 0.562. The van der Waals surface area contributed by atoms with E-state index in [-0.39, 0.29) is 23.7 Å². The van der Waals surface area contributed by atoms with E-state index >= 15 is 0 Å². The molecule has 9 nitrogen and oxygen atoms in total. The minimum atomic E-state index is -4.10. The smallest absolute Gasteiger partial charge is 0.270 e. The number of hydrogen-bond donors (Lipinski definition) is 1. The second-order valence-electron chi connectivity index (χ2n) is 5.94. The molecule has 29 heavy (non-hydrogen) atoms. The highest BCUT2D eigenvalue weighted by Crippen LogP contribution is 2.25. The largest absolute Gasteiger partial charge is 0.298 e. The number of sulfonamides is 1. The molecular formula is C18H15ClN4O5S. The van der Waals surface area contributed by atoms with Crippen LogP contribution in [0.4, 0.5) is 5.69 Å². The summed E-state index contributed by atoms with van der Waals surface area (Å²) >= 11 is 5.88. The van der Waals surface area contributed by atoms with Crippen LogP contribution in [-0.2, 0) is 16.6 Å². The van der Waals surface area contributed by atoms with Crippen molar-refractivity contribution in [2.75, 3.05) is 6.54 Å². The molecule has 0 saturated heterocycles. The molecule has 0 atom stereocenters. The lowest BCUT2D eigenvalue weighted by Gasteiger charge is -2.10. The average molecular weight is 435 g/mol. The number of non-ortho nitro benzene ring substituents is 1. The third-order valence-electron chi connectivity index (χ3n) is 4.01. The molecule has 1 aromatic heterocycles. The zero-order valence-corrected chi connectivity index (χ0v) is 16.4. The lowest BCUT2D eigenvalue weighted by molar-refractivity contribution is -0.385. The van der Waals surface area contributed by atoms with E-state index in [1.165, 1.54) is 17.0 Å². The molecule has 3 aromatic rings. The van der Waals surface area contributed by atoms with E-state index in [1.54, 1.807) is 0 Å². The topological polar surface area (TPSA) is 124 Å². The molecule has 0 radical (unpaired) electrons. The van der Waals surface area contributed by atoms with Gasteiger partial charge in [0.25, 0.3) is 11.2 Å². The number of nitro groups is 1. The van der Waals surface area contributed by atoms with Gasteiger partial charge in [-0.1, -0.05) is 41.9 Å². The first-order valence-corrected chi connectivity index (χ1v) is 10.2. The third kappa shape index (κ3) is 4.86. The summed E-state index contributed by atoms with van der Waals surface area (Å²) in [6, 6.07) is 13.7. The quantitative estimate of drug-likeness (QED) is 0.450. The van der Waals surface area contributed by atoms with E-state index in [0.717, 1.165) is 23.8 Å². The zero-order valence-electron chi connectivity index (χ0n) is 14.9. The summed E-state index contributed by atoms with van der Waals surface area (Å²) < 4.78 is 28.4. The van der Waals surface area contributed by atoms with Crippen LogP contribution >= 0.6 is 11.6 Å². The molecule has 1 N–H and O–H groups in total. The normalized spacial score (nSPS) is 11.3. The fourth-order valence-corrected chi connectivity index (χ4v) is 4.09. The van der Waals surface area contributed by atoms with Crippen LogP contribution in [0, 0.1) is 10.1 Å². The number of aromatic nitrogens is 2. The maximum Gasteiger partial charge on any atom is 0.270 e. The summed E-state index contributed by atoms with van der Waals surface area (Å²) in [7, 11) is -4.10. The van der Waals surface area contributed by atoms with Crippen molar-refractivity contribution in [1.82, 2.24) is 14.3 Å². The molecular weight excluding hydrogens is 420 g/mol. The van der Waals surface area contributed by atoms with Crippen molar-refractivity contribution in [3.63, 3.8) is 0 Å². The van der Waals surface area contributed by atoms with Gasteiger partial charge in [-0.25, -0.2) is 18.1 Å². The van der Waals surface area contributed by atoms with E-state index in [1.807, 2.05) is 30.3 Å². The van der Waals surface area contributed by atoms with E-state index in [9.17, 15) is 23.3 Å². The molecule has 11 heteroatoms. The molecule has 2 aromatic carbocycles. The standard InChI is InChI=1S/C18H15ClN4O5S/c19-15-7-6-14(23(25)26)10-17(15)29(27,28)21-8-9-22-12-20-16(11-18(22)24)13-4-2-1-3-5-13/h1-7,10-12,21H,8-9H2. The van der Waals surface area contributed by atoms with Gasteiger partial charge in [-0.2, -0.15) is 0 Å². The average Bonchev–Trinajstić information content (AvgIpc) is 2.69. The molecule has 0 spiro atoms. The Hall–Kier alpha value is -3.08. The van der Waals surface area contributed by atoms with Crippen LogP contribution in [0.5, 0.6) is 0 Å². The fraction of sp³-hybridized carbons (Fsp3) is 0.111. The number of benzene rings is 2. The van der Waals surface area contributed by atoms with Crippen LogP contribution in [0.25, 0.3) is 11.3 Å². The third-order valence-corrected chi connectivity index (χ3v) is 5.95. The van der Waals surface area contributed by atoms with Gasteiger partial charge in [0.1, 0.15) is 4.90 Å². The first-order valence-electron chi connectivity index (χ1n) is 8.33. The highest BCUT2D eigenvalue weighted by Gasteiger charge is 2.21. The summed E-state index contributed by atoms with van der Waals surface area (Å²) in [5, 5.41) is 10.7. The van der Waals surface area contributed by atoms with Crippen molar-refractivity contribution in [3.05, 3.63) is 86.4 Å². The molecule has 0 saturated carbocycles. The van der Waals surface area contributed by atoms with Crippen LogP contribution in [0.2, 0.25) is 5.02 Å². The van der Waals surface area contributed by atoms with Gasteiger partial charge in [0, 0.05) is 36.9 Å². The molecule has 0 aliphatic heterocycles. The van der Waals surface area contributed by atoms with Gasteiger partial charge in [0.05, 0.1) is 22.0 Å². The van der Waals surface area contributed by atoms with Gasteiger partial charge < -0.3 is 0 Å². The van der Waals surface area contributed by atoms with Gasteiger partial charge in [0.2, 0.25) is 10.0 Å². The minimum absolute atomic E-state index is 0.0205. The number of rotatable bonds is 7. The maximum absolute atomic E-state index is 12.4. The minimum Gasteiger partial charge on any atom is -0.298 e. The highest BCUT2D eigenvalue weighted by atomic mass is 35.5. The number of halogens is 1. The van der Waals surface area contributed by atoms with Crippen LogP contribution in [0.3, 0.4) is 0 Å². The summed E-state index contributed by atoms with van der Waals surface area (Å²) in [6.07, 6.45) is 1.33. The van der Waals surface area contributed by atoms with Crippen molar-refractivity contribution in [3.8, 4) is 11.3 Å². The van der Waals surface area contributed by atoms with Gasteiger partial charge in [-0.15, -0.1) is 0 Å². The predicted molar refractivity (Wildman–Crippen MR) is 107 cm³/mol. The molecule has 0 fully saturated rings. The first kappa shape index (κ1) is 20.6. The maximum atomic E-state index is 12.4. The lowest BCUT2D eigenvalue weighted by Crippen LogP contribution is -2.31. The molecule has 0 aliphatic carbocycles. The van der Waals surface area contributed by atoms with Gasteiger partial charge in [0.15, 0.2) is 0 Å². The van der Waals surface area contributed by atoms with Crippen molar-refractivity contribution in [2.24, 2.45) is 0 Å². The molecule has 0 aliphatic rings. The van der Waals surface area contributed by atoms with Crippen molar-refractivity contribution in [2.45, 2.75) is 11.4 Å². The van der Waals surface area contributed by atoms with Gasteiger partial charge >= 0.3 is 0 Å².